The number of aromatic amines is 2. The second-order valence-corrected chi connectivity index (χ2v) is 4.68. The Morgan fingerprint density at radius 3 is 2.73 bits per heavy atom. The number of nitrogens with one attached hydrogen (secondary N) is 2. The van der Waals surface area contributed by atoms with Gasteiger partial charge in [0.15, 0.2) is 0 Å². The van der Waals surface area contributed by atoms with Gasteiger partial charge in [-0.3, -0.25) is 0 Å². The number of aromatic nitrogens is 2. The van der Waals surface area contributed by atoms with Gasteiger partial charge in [0.25, 0.3) is 0 Å². The molecule has 0 aliphatic heterocycles. The Hall–Kier alpha value is -0.780. The molecule has 0 aliphatic carbocycles. The molecule has 0 unspecified atom stereocenters. The molecule has 4 heteroatoms. The SMILES string of the molecule is O=c1[nH]c2ccc(CCCCI)cc2[nH]1. The van der Waals surface area contributed by atoms with Crippen LogP contribution in [-0.2, 0) is 6.42 Å². The Labute approximate surface area is 101 Å². The van der Waals surface area contributed by atoms with E-state index in [1.807, 2.05) is 6.07 Å². The van der Waals surface area contributed by atoms with Crippen LogP contribution >= 0.6 is 22.6 Å². The summed E-state index contributed by atoms with van der Waals surface area (Å²) in [6.07, 6.45) is 3.55. The largest absolute Gasteiger partial charge is 0.323 e. The van der Waals surface area contributed by atoms with Crippen molar-refractivity contribution in [3.63, 3.8) is 0 Å². The lowest BCUT2D eigenvalue weighted by Crippen LogP contribution is -1.99. The van der Waals surface area contributed by atoms with Gasteiger partial charge in [-0.1, -0.05) is 28.7 Å². The standard InChI is InChI=1S/C11H13IN2O/c12-6-2-1-3-8-4-5-9-10(7-8)14-11(15)13-9/h4-5,7H,1-3,6H2,(H2,13,14,15). The number of benzene rings is 1. The van der Waals surface area contributed by atoms with Gasteiger partial charge >= 0.3 is 5.69 Å². The second kappa shape index (κ2) is 4.83. The van der Waals surface area contributed by atoms with Crippen LogP contribution in [-0.4, -0.2) is 14.4 Å². The van der Waals surface area contributed by atoms with Crippen LogP contribution in [0.3, 0.4) is 0 Å². The van der Waals surface area contributed by atoms with Crippen molar-refractivity contribution in [2.24, 2.45) is 0 Å². The summed E-state index contributed by atoms with van der Waals surface area (Å²) in [5.41, 5.74) is 2.96. The first kappa shape index (κ1) is 10.7. The molecule has 0 saturated heterocycles. The first-order valence-electron chi connectivity index (χ1n) is 5.06. The second-order valence-electron chi connectivity index (χ2n) is 3.61. The molecule has 0 amide bonds. The summed E-state index contributed by atoms with van der Waals surface area (Å²) in [6.45, 7) is 0. The van der Waals surface area contributed by atoms with Gasteiger partial charge in [0, 0.05) is 0 Å². The molecule has 15 heavy (non-hydrogen) atoms. The van der Waals surface area contributed by atoms with Crippen molar-refractivity contribution in [2.75, 3.05) is 4.43 Å². The van der Waals surface area contributed by atoms with E-state index >= 15 is 0 Å². The van der Waals surface area contributed by atoms with E-state index in [4.69, 9.17) is 0 Å². The van der Waals surface area contributed by atoms with E-state index in [0.29, 0.717) is 0 Å². The Kier molecular flexibility index (Phi) is 3.45. The number of fused-ring (bicyclic) bond motifs is 1. The number of hydrogen-bond donors (Lipinski definition) is 2. The number of H-pyrrole nitrogens is 2. The van der Waals surface area contributed by atoms with Crippen LogP contribution in [0.15, 0.2) is 23.0 Å². The zero-order valence-electron chi connectivity index (χ0n) is 8.35. The fourth-order valence-electron chi connectivity index (χ4n) is 1.66. The maximum absolute atomic E-state index is 11.0. The smallest absolute Gasteiger partial charge is 0.306 e. The molecule has 1 aromatic heterocycles. The minimum Gasteiger partial charge on any atom is -0.306 e. The molecule has 2 aromatic rings. The molecule has 0 saturated carbocycles. The van der Waals surface area contributed by atoms with E-state index < -0.39 is 0 Å². The molecular weight excluding hydrogens is 303 g/mol. The Morgan fingerprint density at radius 2 is 1.93 bits per heavy atom. The predicted octanol–water partition coefficient (Wildman–Crippen LogP) is 2.61. The predicted molar refractivity (Wildman–Crippen MR) is 70.7 cm³/mol. The lowest BCUT2D eigenvalue weighted by molar-refractivity contribution is 0.810. The summed E-state index contributed by atoms with van der Waals surface area (Å²) in [5.74, 6) is 0. The molecule has 3 nitrogen and oxygen atoms in total. The number of unbranched alkanes of at least 4 members (excludes halogenated alkanes) is 1. The maximum Gasteiger partial charge on any atom is 0.323 e. The van der Waals surface area contributed by atoms with E-state index in [2.05, 4.69) is 44.7 Å². The van der Waals surface area contributed by atoms with Crippen LogP contribution in [0.25, 0.3) is 11.0 Å². The van der Waals surface area contributed by atoms with Crippen LogP contribution in [0, 0.1) is 0 Å². The summed E-state index contributed by atoms with van der Waals surface area (Å²) < 4.78 is 1.21. The summed E-state index contributed by atoms with van der Waals surface area (Å²) in [6, 6.07) is 6.10. The third-order valence-electron chi connectivity index (χ3n) is 2.43. The van der Waals surface area contributed by atoms with Crippen molar-refractivity contribution in [1.82, 2.24) is 9.97 Å². The van der Waals surface area contributed by atoms with E-state index in [1.54, 1.807) is 0 Å². The number of imidazole rings is 1. The monoisotopic (exact) mass is 316 g/mol. The van der Waals surface area contributed by atoms with Crippen LogP contribution < -0.4 is 5.69 Å². The van der Waals surface area contributed by atoms with Gasteiger partial charge in [0.1, 0.15) is 0 Å². The van der Waals surface area contributed by atoms with Crippen LogP contribution in [0.4, 0.5) is 0 Å². The third-order valence-corrected chi connectivity index (χ3v) is 3.19. The molecule has 80 valence electrons. The van der Waals surface area contributed by atoms with Crippen molar-refractivity contribution < 1.29 is 0 Å². The van der Waals surface area contributed by atoms with Gasteiger partial charge in [-0.2, -0.15) is 0 Å². The van der Waals surface area contributed by atoms with Crippen LogP contribution in [0.2, 0.25) is 0 Å². The van der Waals surface area contributed by atoms with Crippen molar-refractivity contribution >= 4 is 33.6 Å². The zero-order valence-corrected chi connectivity index (χ0v) is 10.5. The Bertz CT molecular complexity index is 501. The van der Waals surface area contributed by atoms with Gasteiger partial charge in [-0.05, 0) is 41.4 Å². The Balaban J connectivity index is 2.19. The highest BCUT2D eigenvalue weighted by molar-refractivity contribution is 14.1. The maximum atomic E-state index is 11.0. The highest BCUT2D eigenvalue weighted by Crippen LogP contribution is 2.12. The molecule has 2 rings (SSSR count). The summed E-state index contributed by atoms with van der Waals surface area (Å²) in [7, 11) is 0. The van der Waals surface area contributed by atoms with Gasteiger partial charge in [0.05, 0.1) is 11.0 Å². The van der Waals surface area contributed by atoms with Crippen molar-refractivity contribution in [3.8, 4) is 0 Å². The van der Waals surface area contributed by atoms with E-state index in [0.717, 1.165) is 17.5 Å². The lowest BCUT2D eigenvalue weighted by Gasteiger charge is -1.99. The molecule has 0 spiro atoms. The first-order valence-corrected chi connectivity index (χ1v) is 6.59. The van der Waals surface area contributed by atoms with Crippen molar-refractivity contribution in [2.45, 2.75) is 19.3 Å². The fraction of sp³-hybridized carbons (Fsp3) is 0.364. The molecular formula is C11H13IN2O. The summed E-state index contributed by atoms with van der Waals surface area (Å²) >= 11 is 2.40. The highest BCUT2D eigenvalue weighted by Gasteiger charge is 1.99. The number of aryl methyl sites for hydroxylation is 1. The summed E-state index contributed by atoms with van der Waals surface area (Å²) in [5, 5.41) is 0. The molecule has 1 aromatic carbocycles. The quantitative estimate of drug-likeness (QED) is 0.508. The van der Waals surface area contributed by atoms with Gasteiger partial charge in [0.2, 0.25) is 0 Å². The number of alkyl halides is 1. The van der Waals surface area contributed by atoms with Crippen molar-refractivity contribution in [3.05, 3.63) is 34.2 Å². The number of hydrogen-bond acceptors (Lipinski definition) is 1. The van der Waals surface area contributed by atoms with Crippen LogP contribution in [0.1, 0.15) is 18.4 Å². The van der Waals surface area contributed by atoms with Gasteiger partial charge in [-0.15, -0.1) is 0 Å². The highest BCUT2D eigenvalue weighted by atomic mass is 127. The average Bonchev–Trinajstić information content (AvgIpc) is 2.57. The third kappa shape index (κ3) is 2.62. The number of halogens is 1. The topological polar surface area (TPSA) is 48.6 Å². The minimum atomic E-state index is -0.130. The van der Waals surface area contributed by atoms with Crippen LogP contribution in [0.5, 0.6) is 0 Å². The summed E-state index contributed by atoms with van der Waals surface area (Å²) in [4.78, 5) is 16.6. The molecule has 2 N–H and O–H groups in total. The first-order chi connectivity index (χ1) is 7.29. The average molecular weight is 316 g/mol. The van der Waals surface area contributed by atoms with Gasteiger partial charge < -0.3 is 9.97 Å². The zero-order chi connectivity index (χ0) is 10.7. The minimum absolute atomic E-state index is 0.130. The molecule has 0 bridgehead atoms. The van der Waals surface area contributed by atoms with Gasteiger partial charge in [-0.25, -0.2) is 4.79 Å². The molecule has 0 aliphatic rings. The molecule has 1 heterocycles. The van der Waals surface area contributed by atoms with E-state index in [9.17, 15) is 4.79 Å². The number of rotatable bonds is 4. The lowest BCUT2D eigenvalue weighted by atomic mass is 10.1. The molecule has 0 fully saturated rings. The van der Waals surface area contributed by atoms with E-state index in [-0.39, 0.29) is 5.69 Å². The van der Waals surface area contributed by atoms with Crippen molar-refractivity contribution in [1.29, 1.82) is 0 Å². The molecule has 0 radical (unpaired) electrons. The Morgan fingerprint density at radius 1 is 1.13 bits per heavy atom. The molecule has 0 atom stereocenters. The normalized spacial score (nSPS) is 11.0. The fourth-order valence-corrected chi connectivity index (χ4v) is 2.20. The van der Waals surface area contributed by atoms with E-state index in [1.165, 1.54) is 22.8 Å².